The van der Waals surface area contributed by atoms with Crippen LogP contribution < -0.4 is 0 Å². The van der Waals surface area contributed by atoms with E-state index in [1.165, 1.54) is 98.1 Å². The molecular formula is C45H26S. The van der Waals surface area contributed by atoms with Crippen molar-refractivity contribution >= 4 is 33.3 Å². The summed E-state index contributed by atoms with van der Waals surface area (Å²) in [5.74, 6) is 0. The molecule has 1 atom stereocenters. The van der Waals surface area contributed by atoms with E-state index in [0.29, 0.717) is 0 Å². The van der Waals surface area contributed by atoms with Gasteiger partial charge in [0.2, 0.25) is 0 Å². The predicted molar refractivity (Wildman–Crippen MR) is 193 cm³/mol. The van der Waals surface area contributed by atoms with E-state index in [4.69, 9.17) is 0 Å². The van der Waals surface area contributed by atoms with Crippen LogP contribution in [0.25, 0.3) is 66.1 Å². The summed E-state index contributed by atoms with van der Waals surface area (Å²) in [5.41, 5.74) is 15.8. The third-order valence-corrected chi connectivity index (χ3v) is 11.9. The van der Waals surface area contributed by atoms with Crippen LogP contribution in [-0.4, -0.2) is 0 Å². The molecule has 8 aromatic carbocycles. The SMILES string of the molecule is c1ccc2c(c1)Sc1c(-c3cccc4c3C3(c5ccccc5-4)c4ccccc4-c4ccc5ccccc5c43)ccc3cccc-2c13. The molecule has 46 heavy (non-hydrogen) atoms. The molecule has 11 rings (SSSR count). The first-order chi connectivity index (χ1) is 22.8. The van der Waals surface area contributed by atoms with Gasteiger partial charge in [0.15, 0.2) is 0 Å². The highest BCUT2D eigenvalue weighted by molar-refractivity contribution is 8.00. The number of fused-ring (bicyclic) bond motifs is 14. The van der Waals surface area contributed by atoms with Gasteiger partial charge < -0.3 is 0 Å². The molecule has 0 aromatic heterocycles. The van der Waals surface area contributed by atoms with Gasteiger partial charge in [-0.1, -0.05) is 163 Å². The lowest BCUT2D eigenvalue weighted by atomic mass is 9.67. The van der Waals surface area contributed by atoms with Gasteiger partial charge in [0.1, 0.15) is 0 Å². The molecule has 0 saturated heterocycles. The summed E-state index contributed by atoms with van der Waals surface area (Å²) >= 11 is 1.93. The van der Waals surface area contributed by atoms with E-state index in [9.17, 15) is 0 Å². The fourth-order valence-corrected chi connectivity index (χ4v) is 10.3. The van der Waals surface area contributed by atoms with E-state index >= 15 is 0 Å². The van der Waals surface area contributed by atoms with E-state index < -0.39 is 5.41 Å². The van der Waals surface area contributed by atoms with Crippen LogP contribution >= 0.6 is 11.8 Å². The Morgan fingerprint density at radius 3 is 1.72 bits per heavy atom. The van der Waals surface area contributed by atoms with Crippen LogP contribution in [0.2, 0.25) is 0 Å². The zero-order valence-corrected chi connectivity index (χ0v) is 25.7. The third-order valence-electron chi connectivity index (χ3n) is 10.7. The Hall–Kier alpha value is -5.37. The fourth-order valence-electron chi connectivity index (χ4n) is 8.98. The van der Waals surface area contributed by atoms with E-state index in [-0.39, 0.29) is 0 Å². The van der Waals surface area contributed by atoms with Gasteiger partial charge in [0.25, 0.3) is 0 Å². The lowest BCUT2D eigenvalue weighted by Gasteiger charge is -2.33. The zero-order chi connectivity index (χ0) is 30.0. The quantitative estimate of drug-likeness (QED) is 0.181. The van der Waals surface area contributed by atoms with Crippen molar-refractivity contribution in [2.75, 3.05) is 0 Å². The Labute approximate surface area is 272 Å². The van der Waals surface area contributed by atoms with Crippen LogP contribution in [0.4, 0.5) is 0 Å². The first kappa shape index (κ1) is 24.9. The van der Waals surface area contributed by atoms with E-state index in [2.05, 4.69) is 158 Å². The third kappa shape index (κ3) is 2.93. The summed E-state index contributed by atoms with van der Waals surface area (Å²) in [7, 11) is 0. The predicted octanol–water partition coefficient (Wildman–Crippen LogP) is 12.1. The molecule has 1 spiro atoms. The maximum Gasteiger partial charge on any atom is 0.0737 e. The largest absolute Gasteiger partial charge is 0.0881 e. The summed E-state index contributed by atoms with van der Waals surface area (Å²) in [6.07, 6.45) is 0. The second-order valence-corrected chi connectivity index (χ2v) is 13.8. The first-order valence-corrected chi connectivity index (χ1v) is 16.8. The smallest absolute Gasteiger partial charge is 0.0737 e. The van der Waals surface area contributed by atoms with Crippen molar-refractivity contribution < 1.29 is 0 Å². The molecule has 212 valence electrons. The zero-order valence-electron chi connectivity index (χ0n) is 24.9. The summed E-state index contributed by atoms with van der Waals surface area (Å²) in [5, 5.41) is 5.28. The lowest BCUT2D eigenvalue weighted by Crippen LogP contribution is -2.27. The van der Waals surface area contributed by atoms with Gasteiger partial charge in [0.05, 0.1) is 5.41 Å². The topological polar surface area (TPSA) is 0 Å². The van der Waals surface area contributed by atoms with Gasteiger partial charge in [-0.25, -0.2) is 0 Å². The molecule has 3 aliphatic rings. The number of hydrogen-bond donors (Lipinski definition) is 0. The van der Waals surface area contributed by atoms with Crippen molar-refractivity contribution in [2.24, 2.45) is 0 Å². The minimum Gasteiger partial charge on any atom is -0.0881 e. The Balaban J connectivity index is 1.32. The van der Waals surface area contributed by atoms with Gasteiger partial charge in [-0.05, 0) is 89.0 Å². The highest BCUT2D eigenvalue weighted by atomic mass is 32.2. The molecule has 8 aromatic rings. The minimum absolute atomic E-state index is 0.437. The van der Waals surface area contributed by atoms with Gasteiger partial charge in [0, 0.05) is 15.2 Å². The van der Waals surface area contributed by atoms with Crippen LogP contribution in [0.15, 0.2) is 168 Å². The molecule has 0 bridgehead atoms. The Bertz CT molecular complexity index is 2610. The van der Waals surface area contributed by atoms with Gasteiger partial charge in [-0.2, -0.15) is 0 Å². The first-order valence-electron chi connectivity index (χ1n) is 16.0. The molecule has 0 nitrogen and oxygen atoms in total. The Morgan fingerprint density at radius 2 is 0.891 bits per heavy atom. The molecule has 1 heteroatoms. The average molecular weight is 599 g/mol. The highest BCUT2D eigenvalue weighted by Gasteiger charge is 2.53. The standard InChI is InChI=1S/C45H26S/c1-2-13-29-27(11-1)23-25-36-31-15-4-7-21-39(31)45(42(29)36)38-20-6-3-14-30(38)34-18-10-19-35(43(34)45)37-26-24-28-12-9-17-33-32-16-5-8-22-40(32)46-44(37)41(28)33/h1-26H. The van der Waals surface area contributed by atoms with Crippen LogP contribution in [-0.2, 0) is 5.41 Å². The van der Waals surface area contributed by atoms with Crippen LogP contribution in [0.1, 0.15) is 22.3 Å². The average Bonchev–Trinajstić information content (AvgIpc) is 3.59. The molecule has 1 aliphatic heterocycles. The Morgan fingerprint density at radius 1 is 0.348 bits per heavy atom. The molecule has 2 aliphatic carbocycles. The monoisotopic (exact) mass is 598 g/mol. The normalized spacial score (nSPS) is 16.3. The second-order valence-electron chi connectivity index (χ2n) is 12.7. The van der Waals surface area contributed by atoms with E-state index in [1.54, 1.807) is 0 Å². The minimum atomic E-state index is -0.437. The fraction of sp³-hybridized carbons (Fsp3) is 0.0222. The second kappa shape index (κ2) is 8.88. The Kier molecular flexibility index (Phi) is 4.80. The number of hydrogen-bond acceptors (Lipinski definition) is 1. The van der Waals surface area contributed by atoms with E-state index in [1.807, 2.05) is 11.8 Å². The van der Waals surface area contributed by atoms with Crippen molar-refractivity contribution in [1.82, 2.24) is 0 Å². The molecule has 0 amide bonds. The number of rotatable bonds is 1. The van der Waals surface area contributed by atoms with Crippen molar-refractivity contribution in [2.45, 2.75) is 15.2 Å². The van der Waals surface area contributed by atoms with E-state index in [0.717, 1.165) is 0 Å². The molecule has 1 unspecified atom stereocenters. The van der Waals surface area contributed by atoms with Crippen LogP contribution in [0, 0.1) is 0 Å². The lowest BCUT2D eigenvalue weighted by molar-refractivity contribution is 0.803. The molecule has 0 fully saturated rings. The molecular weight excluding hydrogens is 573 g/mol. The van der Waals surface area contributed by atoms with Gasteiger partial charge in [-0.15, -0.1) is 0 Å². The van der Waals surface area contributed by atoms with Crippen molar-refractivity contribution in [3.05, 3.63) is 180 Å². The van der Waals surface area contributed by atoms with Gasteiger partial charge >= 0.3 is 0 Å². The maximum absolute atomic E-state index is 2.39. The summed E-state index contributed by atoms with van der Waals surface area (Å²) < 4.78 is 0. The highest BCUT2D eigenvalue weighted by Crippen LogP contribution is 2.66. The van der Waals surface area contributed by atoms with Crippen molar-refractivity contribution in [3.8, 4) is 44.5 Å². The summed E-state index contributed by atoms with van der Waals surface area (Å²) in [6.45, 7) is 0. The molecule has 1 heterocycles. The number of benzene rings is 8. The molecule has 0 N–H and O–H groups in total. The summed E-state index contributed by atoms with van der Waals surface area (Å²) in [4.78, 5) is 2.68. The maximum atomic E-state index is 2.39. The van der Waals surface area contributed by atoms with Crippen molar-refractivity contribution in [3.63, 3.8) is 0 Å². The van der Waals surface area contributed by atoms with Crippen molar-refractivity contribution in [1.29, 1.82) is 0 Å². The molecule has 0 radical (unpaired) electrons. The van der Waals surface area contributed by atoms with Crippen LogP contribution in [0.3, 0.4) is 0 Å². The van der Waals surface area contributed by atoms with Crippen LogP contribution in [0.5, 0.6) is 0 Å². The summed E-state index contributed by atoms with van der Waals surface area (Å²) in [6, 6.07) is 59.4. The van der Waals surface area contributed by atoms with Gasteiger partial charge in [-0.3, -0.25) is 0 Å². The molecule has 0 saturated carbocycles.